The van der Waals surface area contributed by atoms with Gasteiger partial charge in [-0.25, -0.2) is 0 Å². The first-order valence-electron chi connectivity index (χ1n) is 6.24. The first-order chi connectivity index (χ1) is 7.62. The average Bonchev–Trinajstić information content (AvgIpc) is 2.89. The maximum absolute atomic E-state index is 6.07. The van der Waals surface area contributed by atoms with Gasteiger partial charge in [-0.05, 0) is 32.1 Å². The highest BCUT2D eigenvalue weighted by molar-refractivity contribution is 5.01. The molecule has 2 rings (SSSR count). The van der Waals surface area contributed by atoms with E-state index in [4.69, 9.17) is 10.3 Å². The molecule has 1 aliphatic rings. The van der Waals surface area contributed by atoms with Gasteiger partial charge in [0.25, 0.3) is 0 Å². The summed E-state index contributed by atoms with van der Waals surface area (Å²) in [6.07, 6.45) is 7.02. The second-order valence-electron chi connectivity index (χ2n) is 5.14. The number of aromatic nitrogens is 2. The van der Waals surface area contributed by atoms with Crippen LogP contribution in [0, 0.1) is 5.92 Å². The van der Waals surface area contributed by atoms with Crippen molar-refractivity contribution in [1.29, 1.82) is 0 Å². The monoisotopic (exact) mass is 223 g/mol. The Morgan fingerprint density at radius 2 is 2.12 bits per heavy atom. The van der Waals surface area contributed by atoms with Crippen LogP contribution in [0.1, 0.15) is 57.7 Å². The minimum Gasteiger partial charge on any atom is -0.339 e. The Bertz CT molecular complexity index is 340. The number of hydrogen-bond acceptors (Lipinski definition) is 4. The van der Waals surface area contributed by atoms with Crippen LogP contribution in [0.4, 0.5) is 0 Å². The van der Waals surface area contributed by atoms with Gasteiger partial charge in [0, 0.05) is 6.42 Å². The van der Waals surface area contributed by atoms with E-state index >= 15 is 0 Å². The van der Waals surface area contributed by atoms with E-state index in [1.807, 2.05) is 13.8 Å². The Balaban J connectivity index is 2.01. The Morgan fingerprint density at radius 1 is 1.44 bits per heavy atom. The Morgan fingerprint density at radius 3 is 2.75 bits per heavy atom. The standard InChI is InChI=1S/C12H21N3O/c1-3-12(2,13)11-14-10(16-15-11)8-9-6-4-5-7-9/h9H,3-8,13H2,1-2H3. The van der Waals surface area contributed by atoms with E-state index in [0.29, 0.717) is 5.82 Å². The van der Waals surface area contributed by atoms with Crippen molar-refractivity contribution in [1.82, 2.24) is 10.1 Å². The second kappa shape index (κ2) is 4.53. The molecule has 1 heterocycles. The maximum atomic E-state index is 6.07. The van der Waals surface area contributed by atoms with Crippen LogP contribution in [0.25, 0.3) is 0 Å². The van der Waals surface area contributed by atoms with E-state index in [1.165, 1.54) is 25.7 Å². The van der Waals surface area contributed by atoms with Crippen molar-refractivity contribution in [2.24, 2.45) is 11.7 Å². The molecule has 1 unspecified atom stereocenters. The lowest BCUT2D eigenvalue weighted by atomic mass is 10.00. The third-order valence-electron chi connectivity index (χ3n) is 3.65. The molecule has 0 bridgehead atoms. The molecule has 4 nitrogen and oxygen atoms in total. The molecule has 1 aliphatic carbocycles. The number of nitrogens with zero attached hydrogens (tertiary/aromatic N) is 2. The number of rotatable bonds is 4. The van der Waals surface area contributed by atoms with Gasteiger partial charge in [0.2, 0.25) is 5.89 Å². The maximum Gasteiger partial charge on any atom is 0.226 e. The summed E-state index contributed by atoms with van der Waals surface area (Å²) < 4.78 is 5.27. The summed E-state index contributed by atoms with van der Waals surface area (Å²) in [6, 6.07) is 0. The molecule has 1 aromatic rings. The van der Waals surface area contributed by atoms with E-state index in [-0.39, 0.29) is 0 Å². The Labute approximate surface area is 96.6 Å². The van der Waals surface area contributed by atoms with Crippen molar-refractivity contribution in [2.75, 3.05) is 0 Å². The summed E-state index contributed by atoms with van der Waals surface area (Å²) in [4.78, 5) is 4.41. The fourth-order valence-electron chi connectivity index (χ4n) is 2.19. The molecule has 1 fully saturated rings. The molecule has 90 valence electrons. The highest BCUT2D eigenvalue weighted by Crippen LogP contribution is 2.28. The summed E-state index contributed by atoms with van der Waals surface area (Å²) in [5.41, 5.74) is 5.61. The first kappa shape index (κ1) is 11.6. The van der Waals surface area contributed by atoms with Gasteiger partial charge in [0.1, 0.15) is 0 Å². The third-order valence-corrected chi connectivity index (χ3v) is 3.65. The quantitative estimate of drug-likeness (QED) is 0.851. The summed E-state index contributed by atoms with van der Waals surface area (Å²) in [5.74, 6) is 2.13. The lowest BCUT2D eigenvalue weighted by molar-refractivity contribution is 0.336. The van der Waals surface area contributed by atoms with Crippen LogP contribution in [0.2, 0.25) is 0 Å². The largest absolute Gasteiger partial charge is 0.339 e. The van der Waals surface area contributed by atoms with Crippen molar-refractivity contribution in [3.05, 3.63) is 11.7 Å². The number of nitrogens with two attached hydrogens (primary N) is 1. The van der Waals surface area contributed by atoms with Crippen molar-refractivity contribution in [3.8, 4) is 0 Å². The minimum absolute atomic E-state index is 0.461. The molecule has 0 aliphatic heterocycles. The van der Waals surface area contributed by atoms with Gasteiger partial charge < -0.3 is 10.3 Å². The molecule has 0 spiro atoms. The van der Waals surface area contributed by atoms with Crippen LogP contribution in [0.15, 0.2) is 4.52 Å². The SMILES string of the molecule is CCC(C)(N)c1noc(CC2CCCC2)n1. The van der Waals surface area contributed by atoms with Gasteiger partial charge in [0.15, 0.2) is 5.82 Å². The van der Waals surface area contributed by atoms with Crippen LogP contribution >= 0.6 is 0 Å². The van der Waals surface area contributed by atoms with Crippen molar-refractivity contribution in [2.45, 2.75) is 57.9 Å². The first-order valence-corrected chi connectivity index (χ1v) is 6.24. The Kier molecular flexibility index (Phi) is 3.28. The molecule has 16 heavy (non-hydrogen) atoms. The lowest BCUT2D eigenvalue weighted by Gasteiger charge is -2.16. The zero-order chi connectivity index (χ0) is 11.6. The predicted molar refractivity (Wildman–Crippen MR) is 61.8 cm³/mol. The molecule has 0 radical (unpaired) electrons. The Hall–Kier alpha value is -0.900. The zero-order valence-electron chi connectivity index (χ0n) is 10.2. The van der Waals surface area contributed by atoms with Gasteiger partial charge in [-0.3, -0.25) is 0 Å². The highest BCUT2D eigenvalue weighted by atomic mass is 16.5. The smallest absolute Gasteiger partial charge is 0.226 e. The summed E-state index contributed by atoms with van der Waals surface area (Å²) in [7, 11) is 0. The fourth-order valence-corrected chi connectivity index (χ4v) is 2.19. The van der Waals surface area contributed by atoms with Gasteiger partial charge in [-0.1, -0.05) is 24.9 Å². The normalized spacial score (nSPS) is 21.2. The molecule has 1 atom stereocenters. The summed E-state index contributed by atoms with van der Waals surface area (Å²) in [6.45, 7) is 3.98. The summed E-state index contributed by atoms with van der Waals surface area (Å²) in [5, 5.41) is 3.99. The topological polar surface area (TPSA) is 64.9 Å². The van der Waals surface area contributed by atoms with E-state index in [2.05, 4.69) is 10.1 Å². The lowest BCUT2D eigenvalue weighted by Crippen LogP contribution is -2.33. The van der Waals surface area contributed by atoms with Crippen LogP contribution < -0.4 is 5.73 Å². The number of hydrogen-bond donors (Lipinski definition) is 1. The van der Waals surface area contributed by atoms with E-state index < -0.39 is 5.54 Å². The molecule has 1 aromatic heterocycles. The molecular weight excluding hydrogens is 202 g/mol. The van der Waals surface area contributed by atoms with E-state index in [0.717, 1.165) is 24.7 Å². The molecule has 0 aromatic carbocycles. The average molecular weight is 223 g/mol. The molecule has 4 heteroatoms. The van der Waals surface area contributed by atoms with E-state index in [1.54, 1.807) is 0 Å². The zero-order valence-corrected chi connectivity index (χ0v) is 10.2. The summed E-state index contributed by atoms with van der Waals surface area (Å²) >= 11 is 0. The van der Waals surface area contributed by atoms with Gasteiger partial charge in [-0.15, -0.1) is 0 Å². The second-order valence-corrected chi connectivity index (χ2v) is 5.14. The molecule has 2 N–H and O–H groups in total. The van der Waals surface area contributed by atoms with Crippen LogP contribution in [-0.2, 0) is 12.0 Å². The van der Waals surface area contributed by atoms with Crippen LogP contribution in [0.5, 0.6) is 0 Å². The van der Waals surface area contributed by atoms with Gasteiger partial charge in [0.05, 0.1) is 5.54 Å². The molecule has 0 amide bonds. The molecule has 1 saturated carbocycles. The van der Waals surface area contributed by atoms with Crippen LogP contribution in [0.3, 0.4) is 0 Å². The minimum atomic E-state index is -0.461. The van der Waals surface area contributed by atoms with Crippen molar-refractivity contribution < 1.29 is 4.52 Å². The van der Waals surface area contributed by atoms with Crippen molar-refractivity contribution >= 4 is 0 Å². The molecular formula is C12H21N3O. The third kappa shape index (κ3) is 2.43. The predicted octanol–water partition coefficient (Wildman–Crippen LogP) is 2.39. The highest BCUT2D eigenvalue weighted by Gasteiger charge is 2.26. The van der Waals surface area contributed by atoms with E-state index in [9.17, 15) is 0 Å². The van der Waals surface area contributed by atoms with Crippen LogP contribution in [-0.4, -0.2) is 10.1 Å². The van der Waals surface area contributed by atoms with Gasteiger partial charge in [-0.2, -0.15) is 4.98 Å². The fraction of sp³-hybridized carbons (Fsp3) is 0.833. The van der Waals surface area contributed by atoms with Crippen molar-refractivity contribution in [3.63, 3.8) is 0 Å². The molecule has 0 saturated heterocycles. The van der Waals surface area contributed by atoms with Gasteiger partial charge >= 0.3 is 0 Å².